The lowest BCUT2D eigenvalue weighted by molar-refractivity contribution is 0.150. The molecule has 1 atom stereocenters. The number of imidazole rings is 1. The number of alkyl halides is 3. The summed E-state index contributed by atoms with van der Waals surface area (Å²) in [6, 6.07) is 1.46. The number of fused-ring (bicyclic) bond motifs is 1. The van der Waals surface area contributed by atoms with E-state index in [0.29, 0.717) is 54.9 Å². The summed E-state index contributed by atoms with van der Waals surface area (Å²) in [7, 11) is -4.09. The minimum absolute atomic E-state index is 0.109. The van der Waals surface area contributed by atoms with Crippen molar-refractivity contribution in [1.82, 2.24) is 24.3 Å². The average Bonchev–Trinajstić information content (AvgIpc) is 3.14. The number of halogens is 3. The fourth-order valence-corrected chi connectivity index (χ4v) is 5.89. The van der Waals surface area contributed by atoms with Gasteiger partial charge in [0.1, 0.15) is 11.6 Å². The molecule has 2 aliphatic rings. The van der Waals surface area contributed by atoms with Crippen LogP contribution in [0, 0.1) is 0 Å². The molecule has 1 saturated carbocycles. The lowest BCUT2D eigenvalue weighted by Crippen LogP contribution is -2.38. The highest BCUT2D eigenvalue weighted by Gasteiger charge is 2.46. The quantitative estimate of drug-likeness (QED) is 0.524. The van der Waals surface area contributed by atoms with E-state index in [4.69, 9.17) is 0 Å². The summed E-state index contributed by atoms with van der Waals surface area (Å²) in [5.41, 5.74) is -0.0543. The van der Waals surface area contributed by atoms with Crippen LogP contribution in [0.4, 0.5) is 18.9 Å². The Hall–Kier alpha value is -2.29. The zero-order valence-corrected chi connectivity index (χ0v) is 18.2. The Bertz CT molecular complexity index is 1270. The van der Waals surface area contributed by atoms with Crippen molar-refractivity contribution in [2.24, 2.45) is 0 Å². The Morgan fingerprint density at radius 2 is 2.12 bits per heavy atom. The Labute approximate surface area is 185 Å². The van der Waals surface area contributed by atoms with Crippen LogP contribution < -0.4 is 9.62 Å². The molecule has 4 heterocycles. The standard InChI is InChI=1S/C18H19F3N6O3S2/c19-9-18(2-3-18)25-32(29,30)11-5-12(26-4-1-10(28)7-26)13-6-22-15(27(13)8-11)17-24-23-16(31-17)14(20)21/h5-6,8,10,14,25,28H,1-4,7,9H2. The van der Waals surface area contributed by atoms with Gasteiger partial charge in [-0.05, 0) is 25.3 Å². The molecule has 3 aromatic heterocycles. The zero-order chi connectivity index (χ0) is 22.7. The van der Waals surface area contributed by atoms with Gasteiger partial charge < -0.3 is 10.0 Å². The number of aliphatic hydroxyl groups is 1. The third-order valence-electron chi connectivity index (χ3n) is 5.69. The monoisotopic (exact) mass is 488 g/mol. The number of nitrogens with one attached hydrogen (secondary N) is 1. The van der Waals surface area contributed by atoms with Gasteiger partial charge in [-0.1, -0.05) is 11.3 Å². The highest BCUT2D eigenvalue weighted by molar-refractivity contribution is 7.89. The molecule has 1 unspecified atom stereocenters. The van der Waals surface area contributed by atoms with Crippen LogP contribution in [0.15, 0.2) is 23.4 Å². The van der Waals surface area contributed by atoms with Crippen LogP contribution in [0.25, 0.3) is 16.3 Å². The summed E-state index contributed by atoms with van der Waals surface area (Å²) < 4.78 is 69.4. The first kappa shape index (κ1) is 21.6. The molecule has 14 heteroatoms. The molecule has 2 fully saturated rings. The van der Waals surface area contributed by atoms with Gasteiger partial charge in [0.2, 0.25) is 10.0 Å². The highest BCUT2D eigenvalue weighted by atomic mass is 32.2. The van der Waals surface area contributed by atoms with E-state index in [1.54, 1.807) is 0 Å². The Morgan fingerprint density at radius 1 is 1.34 bits per heavy atom. The number of anilines is 1. The van der Waals surface area contributed by atoms with Crippen molar-refractivity contribution in [2.75, 3.05) is 24.7 Å². The van der Waals surface area contributed by atoms with Crippen LogP contribution >= 0.6 is 11.3 Å². The summed E-state index contributed by atoms with van der Waals surface area (Å²) in [5, 5.41) is 16.9. The average molecular weight is 489 g/mol. The number of aliphatic hydroxyl groups excluding tert-OH is 1. The van der Waals surface area contributed by atoms with E-state index in [9.17, 15) is 26.7 Å². The fraction of sp³-hybridized carbons (Fsp3) is 0.500. The van der Waals surface area contributed by atoms with Crippen LogP contribution in [-0.2, 0) is 10.0 Å². The molecule has 0 amide bonds. The molecule has 1 aliphatic carbocycles. The fourth-order valence-electron chi connectivity index (χ4n) is 3.74. The van der Waals surface area contributed by atoms with E-state index in [1.165, 1.54) is 22.9 Å². The number of pyridine rings is 1. The number of hydrogen-bond donors (Lipinski definition) is 2. The van der Waals surface area contributed by atoms with Gasteiger partial charge in [0.05, 0.1) is 29.0 Å². The first-order valence-electron chi connectivity index (χ1n) is 9.87. The number of sulfonamides is 1. The summed E-state index contributed by atoms with van der Waals surface area (Å²) in [5.74, 6) is 0.161. The molecule has 0 bridgehead atoms. The van der Waals surface area contributed by atoms with E-state index in [2.05, 4.69) is 19.9 Å². The molecule has 0 aromatic carbocycles. The van der Waals surface area contributed by atoms with Gasteiger partial charge in [0, 0.05) is 19.3 Å². The maximum atomic E-state index is 13.4. The smallest absolute Gasteiger partial charge is 0.291 e. The SMILES string of the molecule is O=S(=O)(NC1(CF)CC1)c1cc(N2CCC(O)C2)c2cnc(-c3nnc(C(F)F)s3)n2c1. The van der Waals surface area contributed by atoms with Crippen LogP contribution in [0.5, 0.6) is 0 Å². The van der Waals surface area contributed by atoms with Gasteiger partial charge in [-0.2, -0.15) is 0 Å². The maximum absolute atomic E-state index is 13.4. The van der Waals surface area contributed by atoms with E-state index in [1.807, 2.05) is 4.90 Å². The van der Waals surface area contributed by atoms with Crippen molar-refractivity contribution in [1.29, 1.82) is 0 Å². The lowest BCUT2D eigenvalue weighted by atomic mass is 10.3. The van der Waals surface area contributed by atoms with Gasteiger partial charge in [0.15, 0.2) is 15.8 Å². The van der Waals surface area contributed by atoms with E-state index in [0.717, 1.165) is 0 Å². The molecular formula is C18H19F3N6O3S2. The Balaban J connectivity index is 1.65. The summed E-state index contributed by atoms with van der Waals surface area (Å²) >= 11 is 0.665. The number of aromatic nitrogens is 4. The van der Waals surface area contributed by atoms with Gasteiger partial charge in [0.25, 0.3) is 6.43 Å². The van der Waals surface area contributed by atoms with E-state index >= 15 is 0 Å². The molecule has 9 nitrogen and oxygen atoms in total. The predicted molar refractivity (Wildman–Crippen MR) is 110 cm³/mol. The minimum Gasteiger partial charge on any atom is -0.391 e. The molecule has 3 aromatic rings. The molecule has 32 heavy (non-hydrogen) atoms. The molecule has 0 spiro atoms. The van der Waals surface area contributed by atoms with Gasteiger partial charge >= 0.3 is 0 Å². The molecule has 5 rings (SSSR count). The topological polar surface area (TPSA) is 113 Å². The predicted octanol–water partition coefficient (Wildman–Crippen LogP) is 2.14. The van der Waals surface area contributed by atoms with Gasteiger partial charge in [-0.15, -0.1) is 10.2 Å². The van der Waals surface area contributed by atoms with Gasteiger partial charge in [-0.25, -0.2) is 31.3 Å². The maximum Gasteiger partial charge on any atom is 0.291 e. The summed E-state index contributed by atoms with van der Waals surface area (Å²) in [4.78, 5) is 5.98. The third kappa shape index (κ3) is 3.74. The minimum atomic E-state index is -4.09. The third-order valence-corrected chi connectivity index (χ3v) is 8.16. The van der Waals surface area contributed by atoms with Crippen molar-refractivity contribution in [2.45, 2.75) is 42.2 Å². The number of rotatable bonds is 7. The second-order valence-electron chi connectivity index (χ2n) is 8.05. The van der Waals surface area contributed by atoms with E-state index < -0.39 is 39.8 Å². The highest BCUT2D eigenvalue weighted by Crippen LogP contribution is 2.38. The molecule has 0 radical (unpaired) electrons. The van der Waals surface area contributed by atoms with Crippen LogP contribution in [-0.4, -0.2) is 64.5 Å². The summed E-state index contributed by atoms with van der Waals surface area (Å²) in [6.45, 7) is -0.00987. The van der Waals surface area contributed by atoms with Crippen molar-refractivity contribution in [3.63, 3.8) is 0 Å². The number of nitrogens with zero attached hydrogens (tertiary/aromatic N) is 5. The van der Waals surface area contributed by atoms with Crippen LogP contribution in [0.1, 0.15) is 30.7 Å². The lowest BCUT2D eigenvalue weighted by Gasteiger charge is -2.21. The van der Waals surface area contributed by atoms with Crippen molar-refractivity contribution >= 4 is 32.6 Å². The molecule has 2 N–H and O–H groups in total. The van der Waals surface area contributed by atoms with E-state index in [-0.39, 0.29) is 15.7 Å². The zero-order valence-electron chi connectivity index (χ0n) is 16.6. The first-order valence-corrected chi connectivity index (χ1v) is 12.2. The number of hydrogen-bond acceptors (Lipinski definition) is 8. The normalized spacial score (nSPS) is 20.5. The van der Waals surface area contributed by atoms with Crippen molar-refractivity contribution in [3.8, 4) is 10.8 Å². The van der Waals surface area contributed by atoms with Crippen LogP contribution in [0.2, 0.25) is 0 Å². The first-order chi connectivity index (χ1) is 15.2. The number of β-amino-alcohol motifs (C(OH)–C–C–N with tert-alkyl or cyclic N) is 1. The van der Waals surface area contributed by atoms with Crippen LogP contribution in [0.3, 0.4) is 0 Å². The van der Waals surface area contributed by atoms with Gasteiger partial charge in [-0.3, -0.25) is 4.40 Å². The second-order valence-corrected chi connectivity index (χ2v) is 10.7. The molecule has 1 aliphatic heterocycles. The second kappa shape index (κ2) is 7.64. The van der Waals surface area contributed by atoms with Crippen molar-refractivity contribution < 1.29 is 26.7 Å². The molecule has 172 valence electrons. The Kier molecular flexibility index (Phi) is 5.15. The molecular weight excluding hydrogens is 469 g/mol. The largest absolute Gasteiger partial charge is 0.391 e. The molecule has 1 saturated heterocycles. The Morgan fingerprint density at radius 3 is 2.72 bits per heavy atom. The van der Waals surface area contributed by atoms with Crippen molar-refractivity contribution in [3.05, 3.63) is 23.5 Å². The summed E-state index contributed by atoms with van der Waals surface area (Å²) in [6.07, 6.45) is 0.793.